The van der Waals surface area contributed by atoms with Crippen LogP contribution in [0.4, 0.5) is 0 Å². The Kier molecular flexibility index (Phi) is 8.23. The second-order valence-electron chi connectivity index (χ2n) is 6.64. The summed E-state index contributed by atoms with van der Waals surface area (Å²) >= 11 is 1.52. The molecule has 1 aromatic heterocycles. The number of hydrogen-bond acceptors (Lipinski definition) is 6. The third-order valence-corrected chi connectivity index (χ3v) is 5.36. The van der Waals surface area contributed by atoms with Crippen LogP contribution in [0.25, 0.3) is 0 Å². The van der Waals surface area contributed by atoms with Crippen LogP contribution in [0.3, 0.4) is 0 Å². The van der Waals surface area contributed by atoms with Crippen molar-refractivity contribution in [2.75, 3.05) is 27.4 Å². The van der Waals surface area contributed by atoms with Gasteiger partial charge in [-0.3, -0.25) is 4.79 Å². The number of para-hydroxylation sites is 2. The zero-order chi connectivity index (χ0) is 21.2. The summed E-state index contributed by atoms with van der Waals surface area (Å²) in [5.74, 6) is 1.42. The molecule has 0 unspecified atom stereocenters. The van der Waals surface area contributed by atoms with Gasteiger partial charge in [-0.1, -0.05) is 42.5 Å². The molecule has 30 heavy (non-hydrogen) atoms. The third kappa shape index (κ3) is 6.30. The molecule has 0 N–H and O–H groups in total. The molecule has 0 saturated heterocycles. The lowest BCUT2D eigenvalue weighted by Crippen LogP contribution is -2.34. The predicted molar refractivity (Wildman–Crippen MR) is 117 cm³/mol. The van der Waals surface area contributed by atoms with Gasteiger partial charge in [0.2, 0.25) is 5.91 Å². The second-order valence-corrected chi connectivity index (χ2v) is 7.59. The highest BCUT2D eigenvalue weighted by atomic mass is 32.1. The average molecular weight is 427 g/mol. The SMILES string of the molecule is COCCN(Cc1csc(COc2ccccc2OC)n1)C(=O)Cc1ccccc1. The van der Waals surface area contributed by atoms with Crippen LogP contribution in [0.2, 0.25) is 0 Å². The smallest absolute Gasteiger partial charge is 0.227 e. The Balaban J connectivity index is 1.61. The van der Waals surface area contributed by atoms with E-state index in [1.807, 2.05) is 60.0 Å². The Morgan fingerprint density at radius 1 is 1.03 bits per heavy atom. The lowest BCUT2D eigenvalue weighted by molar-refractivity contribution is -0.131. The van der Waals surface area contributed by atoms with Crippen LogP contribution in [0, 0.1) is 0 Å². The van der Waals surface area contributed by atoms with E-state index in [0.29, 0.717) is 44.2 Å². The van der Waals surface area contributed by atoms with Gasteiger partial charge in [0.15, 0.2) is 11.5 Å². The first-order valence-corrected chi connectivity index (χ1v) is 10.6. The minimum atomic E-state index is 0.0538. The topological polar surface area (TPSA) is 60.9 Å². The van der Waals surface area contributed by atoms with Crippen LogP contribution < -0.4 is 9.47 Å². The van der Waals surface area contributed by atoms with Crippen molar-refractivity contribution in [2.45, 2.75) is 19.6 Å². The molecule has 7 heteroatoms. The van der Waals surface area contributed by atoms with Crippen LogP contribution in [0.5, 0.6) is 11.5 Å². The van der Waals surface area contributed by atoms with Crippen molar-refractivity contribution in [1.29, 1.82) is 0 Å². The Morgan fingerprint density at radius 3 is 2.50 bits per heavy atom. The van der Waals surface area contributed by atoms with Gasteiger partial charge in [-0.25, -0.2) is 4.98 Å². The molecule has 0 fully saturated rings. The van der Waals surface area contributed by atoms with Gasteiger partial charge in [0, 0.05) is 19.0 Å². The molecule has 2 aromatic carbocycles. The molecular formula is C23H26N2O4S. The van der Waals surface area contributed by atoms with Gasteiger partial charge >= 0.3 is 0 Å². The minimum Gasteiger partial charge on any atom is -0.493 e. The number of methoxy groups -OCH3 is 2. The van der Waals surface area contributed by atoms with E-state index in [1.165, 1.54) is 11.3 Å². The highest BCUT2D eigenvalue weighted by Gasteiger charge is 2.16. The number of hydrogen-bond donors (Lipinski definition) is 0. The molecule has 0 aliphatic carbocycles. The summed E-state index contributed by atoms with van der Waals surface area (Å²) < 4.78 is 16.3. The standard InChI is InChI=1S/C23H26N2O4S/c1-27-13-12-25(23(26)14-18-8-4-3-5-9-18)15-19-17-30-22(24-19)16-29-21-11-7-6-10-20(21)28-2/h3-11,17H,12-16H2,1-2H3. The van der Waals surface area contributed by atoms with E-state index in [0.717, 1.165) is 16.3 Å². The molecule has 6 nitrogen and oxygen atoms in total. The number of rotatable bonds is 11. The molecule has 158 valence electrons. The Bertz CT molecular complexity index is 930. The maximum atomic E-state index is 12.8. The van der Waals surface area contributed by atoms with Gasteiger partial charge < -0.3 is 19.1 Å². The van der Waals surface area contributed by atoms with Gasteiger partial charge in [0.1, 0.15) is 11.6 Å². The summed E-state index contributed by atoms with van der Waals surface area (Å²) in [4.78, 5) is 19.2. The quantitative estimate of drug-likeness (QED) is 0.465. The minimum absolute atomic E-state index is 0.0538. The maximum Gasteiger partial charge on any atom is 0.227 e. The van der Waals surface area contributed by atoms with Crippen LogP contribution in [0.1, 0.15) is 16.3 Å². The van der Waals surface area contributed by atoms with Crippen molar-refractivity contribution in [1.82, 2.24) is 9.88 Å². The zero-order valence-corrected chi connectivity index (χ0v) is 18.1. The molecule has 0 aliphatic heterocycles. The normalized spacial score (nSPS) is 10.6. The van der Waals surface area contributed by atoms with E-state index in [-0.39, 0.29) is 5.91 Å². The summed E-state index contributed by atoms with van der Waals surface area (Å²) in [7, 11) is 3.25. The number of ether oxygens (including phenoxy) is 3. The second kappa shape index (κ2) is 11.3. The van der Waals surface area contributed by atoms with Gasteiger partial charge in [-0.2, -0.15) is 0 Å². The third-order valence-electron chi connectivity index (χ3n) is 4.49. The summed E-state index contributed by atoms with van der Waals surface area (Å²) in [6.07, 6.45) is 0.360. The van der Waals surface area contributed by atoms with E-state index < -0.39 is 0 Å². The van der Waals surface area contributed by atoms with Crippen LogP contribution in [0.15, 0.2) is 60.0 Å². The van der Waals surface area contributed by atoms with Crippen molar-refractivity contribution >= 4 is 17.2 Å². The maximum absolute atomic E-state index is 12.8. The highest BCUT2D eigenvalue weighted by molar-refractivity contribution is 7.09. The van der Waals surface area contributed by atoms with E-state index in [9.17, 15) is 4.79 Å². The summed E-state index contributed by atoms with van der Waals surface area (Å²) in [5.41, 5.74) is 1.84. The number of benzene rings is 2. The van der Waals surface area contributed by atoms with Crippen molar-refractivity contribution in [3.63, 3.8) is 0 Å². The lowest BCUT2D eigenvalue weighted by Gasteiger charge is -2.21. The molecule has 0 atom stereocenters. The van der Waals surface area contributed by atoms with Crippen LogP contribution >= 0.6 is 11.3 Å². The van der Waals surface area contributed by atoms with Crippen molar-refractivity contribution in [3.05, 3.63) is 76.2 Å². The monoisotopic (exact) mass is 426 g/mol. The number of carbonyl (C=O) groups is 1. The fraction of sp³-hybridized carbons (Fsp3) is 0.304. The lowest BCUT2D eigenvalue weighted by atomic mass is 10.1. The fourth-order valence-electron chi connectivity index (χ4n) is 2.94. The first kappa shape index (κ1) is 21.8. The van der Waals surface area contributed by atoms with E-state index >= 15 is 0 Å². The molecule has 0 aliphatic rings. The molecule has 3 rings (SSSR count). The molecule has 1 heterocycles. The molecule has 0 saturated carbocycles. The molecule has 0 spiro atoms. The van der Waals surface area contributed by atoms with Crippen LogP contribution in [-0.2, 0) is 29.1 Å². The average Bonchev–Trinajstić information content (AvgIpc) is 3.23. The number of aromatic nitrogens is 1. The number of thiazole rings is 1. The molecule has 1 amide bonds. The van der Waals surface area contributed by atoms with E-state index in [2.05, 4.69) is 4.98 Å². The Labute approximate surface area is 181 Å². The largest absolute Gasteiger partial charge is 0.493 e. The highest BCUT2D eigenvalue weighted by Crippen LogP contribution is 2.27. The molecular weight excluding hydrogens is 400 g/mol. The number of amides is 1. The van der Waals surface area contributed by atoms with Crippen molar-refractivity contribution in [3.8, 4) is 11.5 Å². The van der Waals surface area contributed by atoms with Crippen LogP contribution in [-0.4, -0.2) is 43.2 Å². The first-order valence-electron chi connectivity index (χ1n) is 9.69. The first-order chi connectivity index (χ1) is 14.7. The van der Waals surface area contributed by atoms with Crippen molar-refractivity contribution < 1.29 is 19.0 Å². The summed E-state index contributed by atoms with van der Waals surface area (Å²) in [6.45, 7) is 1.79. The predicted octanol–water partition coefficient (Wildman–Crippen LogP) is 3.95. The van der Waals surface area contributed by atoms with Gasteiger partial charge in [-0.15, -0.1) is 11.3 Å². The Hall–Kier alpha value is -2.90. The van der Waals surface area contributed by atoms with E-state index in [1.54, 1.807) is 19.1 Å². The zero-order valence-electron chi connectivity index (χ0n) is 17.2. The number of carbonyl (C=O) groups excluding carboxylic acids is 1. The fourth-order valence-corrected chi connectivity index (χ4v) is 3.63. The molecule has 0 bridgehead atoms. The molecule has 0 radical (unpaired) electrons. The van der Waals surface area contributed by atoms with E-state index in [4.69, 9.17) is 14.2 Å². The van der Waals surface area contributed by atoms with Gasteiger partial charge in [-0.05, 0) is 17.7 Å². The van der Waals surface area contributed by atoms with Gasteiger partial charge in [0.05, 0.1) is 32.4 Å². The van der Waals surface area contributed by atoms with Gasteiger partial charge in [0.25, 0.3) is 0 Å². The number of nitrogens with zero attached hydrogens (tertiary/aromatic N) is 2. The summed E-state index contributed by atoms with van der Waals surface area (Å²) in [5, 5.41) is 2.81. The van der Waals surface area contributed by atoms with Crippen molar-refractivity contribution in [2.24, 2.45) is 0 Å². The Morgan fingerprint density at radius 2 is 1.77 bits per heavy atom. The molecule has 3 aromatic rings. The summed E-state index contributed by atoms with van der Waals surface area (Å²) in [6, 6.07) is 17.3.